The van der Waals surface area contributed by atoms with Crippen LogP contribution in [0.15, 0.2) is 28.9 Å². The first-order valence-corrected chi connectivity index (χ1v) is 12.0. The van der Waals surface area contributed by atoms with Crippen LogP contribution in [0.2, 0.25) is 0 Å². The highest BCUT2D eigenvalue weighted by Crippen LogP contribution is 2.37. The summed E-state index contributed by atoms with van der Waals surface area (Å²) in [4.78, 5) is 14.3. The van der Waals surface area contributed by atoms with Crippen LogP contribution in [0.25, 0.3) is 0 Å². The van der Waals surface area contributed by atoms with Crippen LogP contribution in [-0.4, -0.2) is 45.4 Å². The summed E-state index contributed by atoms with van der Waals surface area (Å²) in [6.07, 6.45) is 4.64. The van der Waals surface area contributed by atoms with Gasteiger partial charge in [-0.2, -0.15) is 0 Å². The largest absolute Gasteiger partial charge is 0.487 e. The normalized spacial score (nSPS) is 19.9. The maximum absolute atomic E-state index is 12.8. The van der Waals surface area contributed by atoms with E-state index in [1.165, 1.54) is 22.3 Å². The molecule has 0 saturated carbocycles. The van der Waals surface area contributed by atoms with Crippen LogP contribution in [0.1, 0.15) is 41.4 Å². The molecule has 4 rings (SSSR count). The van der Waals surface area contributed by atoms with Gasteiger partial charge in [-0.15, -0.1) is 0 Å². The lowest BCUT2D eigenvalue weighted by atomic mass is 9.74. The quantitative estimate of drug-likeness (QED) is 0.660. The molecule has 1 fully saturated rings. The smallest absolute Gasteiger partial charge is 0.223 e. The predicted octanol–water partition coefficient (Wildman–Crippen LogP) is 2.25. The molecule has 1 aliphatic carbocycles. The highest BCUT2D eigenvalue weighted by Gasteiger charge is 2.30. The second-order valence-electron chi connectivity index (χ2n) is 9.32. The number of aryl methyl sites for hydroxylation is 1. The van der Waals surface area contributed by atoms with Crippen molar-refractivity contribution in [3.8, 4) is 5.75 Å². The first-order valence-electron chi connectivity index (χ1n) is 12.0. The molecular weight excluding hydrogens is 404 g/mol. The summed E-state index contributed by atoms with van der Waals surface area (Å²) in [5.74, 6) is 2.19. The molecule has 6 nitrogen and oxygen atoms in total. The fourth-order valence-corrected chi connectivity index (χ4v) is 5.08. The average molecular weight is 442 g/mol. The molecule has 0 radical (unpaired) electrons. The number of nitrogens with one attached hydrogen (secondary N) is 2. The summed E-state index contributed by atoms with van der Waals surface area (Å²) in [6.45, 7) is 12.4. The number of carbonyl (C=O) groups is 1. The lowest BCUT2D eigenvalue weighted by molar-refractivity contribution is -0.908. The predicted molar refractivity (Wildman–Crippen MR) is 123 cm³/mol. The number of fused-ring (bicyclic) bond motifs is 1. The van der Waals surface area contributed by atoms with Gasteiger partial charge in [0, 0.05) is 5.92 Å². The van der Waals surface area contributed by atoms with E-state index in [0.29, 0.717) is 12.5 Å². The summed E-state index contributed by atoms with van der Waals surface area (Å²) in [5.41, 5.74) is 5.40. The zero-order valence-corrected chi connectivity index (χ0v) is 19.7. The first-order chi connectivity index (χ1) is 15.5. The molecule has 6 heteroatoms. The van der Waals surface area contributed by atoms with Crippen molar-refractivity contribution in [3.05, 3.63) is 52.5 Å². The number of furan rings is 1. The molecule has 2 heterocycles. The molecule has 2 atom stereocenters. The van der Waals surface area contributed by atoms with Crippen LogP contribution < -0.4 is 15.0 Å². The molecule has 32 heavy (non-hydrogen) atoms. The van der Waals surface area contributed by atoms with E-state index < -0.39 is 0 Å². The standard InChI is InChI=1S/C26H36N2O4/c1-18-15-25(32-14-10-28-8-12-30-13-9-28)20(3)24-16-21(6-7-23(18)24)19(2)26(29)27-17-22-5-4-11-31-22/h4-5,11,15,19,21H,6-10,12-14,16-17H2,1-3H3,(H,27,29)/p+1/t19-,21+/m0/s1. The number of rotatable bonds is 8. The van der Waals surface area contributed by atoms with Crippen molar-refractivity contribution in [2.24, 2.45) is 11.8 Å². The van der Waals surface area contributed by atoms with E-state index in [9.17, 15) is 4.79 Å². The minimum Gasteiger partial charge on any atom is -0.487 e. The number of amides is 1. The van der Waals surface area contributed by atoms with E-state index in [0.717, 1.165) is 70.2 Å². The van der Waals surface area contributed by atoms with Gasteiger partial charge in [0.25, 0.3) is 0 Å². The number of morpholine rings is 1. The Morgan fingerprint density at radius 1 is 1.28 bits per heavy atom. The number of hydrogen-bond acceptors (Lipinski definition) is 4. The van der Waals surface area contributed by atoms with Crippen molar-refractivity contribution in [2.75, 3.05) is 39.5 Å². The highest BCUT2D eigenvalue weighted by molar-refractivity contribution is 5.78. The fourth-order valence-electron chi connectivity index (χ4n) is 5.08. The molecule has 1 saturated heterocycles. The number of ether oxygens (including phenoxy) is 2. The summed E-state index contributed by atoms with van der Waals surface area (Å²) in [6, 6.07) is 5.94. The Hall–Kier alpha value is -2.31. The lowest BCUT2D eigenvalue weighted by Gasteiger charge is -2.31. The Morgan fingerprint density at radius 2 is 2.09 bits per heavy atom. The Kier molecular flexibility index (Phi) is 7.53. The topological polar surface area (TPSA) is 65.1 Å². The van der Waals surface area contributed by atoms with Crippen molar-refractivity contribution in [3.63, 3.8) is 0 Å². The van der Waals surface area contributed by atoms with Crippen LogP contribution in [0.3, 0.4) is 0 Å². The molecule has 2 aromatic rings. The Morgan fingerprint density at radius 3 is 2.84 bits per heavy atom. The number of hydrogen-bond donors (Lipinski definition) is 2. The van der Waals surface area contributed by atoms with Crippen LogP contribution in [0.5, 0.6) is 5.75 Å². The molecule has 2 aliphatic rings. The van der Waals surface area contributed by atoms with Crippen molar-refractivity contribution in [1.82, 2.24) is 5.32 Å². The maximum atomic E-state index is 12.8. The summed E-state index contributed by atoms with van der Waals surface area (Å²) < 4.78 is 17.0. The Bertz CT molecular complexity index is 903. The Balaban J connectivity index is 1.38. The summed E-state index contributed by atoms with van der Waals surface area (Å²) in [5, 5.41) is 3.03. The Labute approximate surface area is 191 Å². The summed E-state index contributed by atoms with van der Waals surface area (Å²) in [7, 11) is 0. The third kappa shape index (κ3) is 5.36. The van der Waals surface area contributed by atoms with Crippen LogP contribution in [0.4, 0.5) is 0 Å². The third-order valence-corrected chi connectivity index (χ3v) is 7.29. The van der Waals surface area contributed by atoms with Crippen molar-refractivity contribution >= 4 is 5.91 Å². The average Bonchev–Trinajstić information content (AvgIpc) is 3.34. The third-order valence-electron chi connectivity index (χ3n) is 7.29. The van der Waals surface area contributed by atoms with Gasteiger partial charge in [-0.3, -0.25) is 4.79 Å². The van der Waals surface area contributed by atoms with Gasteiger partial charge >= 0.3 is 0 Å². The van der Waals surface area contributed by atoms with Crippen molar-refractivity contribution in [2.45, 2.75) is 46.6 Å². The fraction of sp³-hybridized carbons (Fsp3) is 0.577. The van der Waals surface area contributed by atoms with E-state index in [2.05, 4.69) is 32.2 Å². The second kappa shape index (κ2) is 10.5. The van der Waals surface area contributed by atoms with Crippen LogP contribution in [0, 0.1) is 25.7 Å². The highest BCUT2D eigenvalue weighted by atomic mass is 16.5. The minimum atomic E-state index is -0.0349. The van der Waals surface area contributed by atoms with Gasteiger partial charge in [-0.05, 0) is 79.5 Å². The van der Waals surface area contributed by atoms with Gasteiger partial charge in [0.1, 0.15) is 37.8 Å². The van der Waals surface area contributed by atoms with Crippen LogP contribution >= 0.6 is 0 Å². The SMILES string of the molecule is Cc1cc(OCC[NH+]2CCOCC2)c(C)c2c1CC[C@@H]([C@H](C)C(=O)NCc1ccco1)C2. The van der Waals surface area contributed by atoms with Gasteiger partial charge in [0.15, 0.2) is 0 Å². The molecule has 2 N–H and O–H groups in total. The molecule has 1 aromatic carbocycles. The van der Waals surface area contributed by atoms with E-state index in [1.807, 2.05) is 12.1 Å². The van der Waals surface area contributed by atoms with Crippen molar-refractivity contribution in [1.29, 1.82) is 0 Å². The summed E-state index contributed by atoms with van der Waals surface area (Å²) >= 11 is 0. The molecule has 1 aliphatic heterocycles. The van der Waals surface area contributed by atoms with Gasteiger partial charge < -0.3 is 24.1 Å². The molecule has 0 spiro atoms. The molecule has 0 bridgehead atoms. The monoisotopic (exact) mass is 441 g/mol. The molecule has 174 valence electrons. The van der Waals surface area contributed by atoms with Gasteiger partial charge in [0.05, 0.1) is 26.0 Å². The molecule has 0 unspecified atom stereocenters. The van der Waals surface area contributed by atoms with E-state index in [4.69, 9.17) is 13.9 Å². The van der Waals surface area contributed by atoms with Crippen molar-refractivity contribution < 1.29 is 23.6 Å². The number of benzene rings is 1. The molecular formula is C26H37N2O4+. The number of quaternary nitrogens is 1. The maximum Gasteiger partial charge on any atom is 0.223 e. The minimum absolute atomic E-state index is 0.0349. The number of carbonyl (C=O) groups excluding carboxylic acids is 1. The first kappa shape index (κ1) is 22.9. The van der Waals surface area contributed by atoms with Gasteiger partial charge in [-0.25, -0.2) is 0 Å². The van der Waals surface area contributed by atoms with Gasteiger partial charge in [0.2, 0.25) is 5.91 Å². The van der Waals surface area contributed by atoms with E-state index in [-0.39, 0.29) is 11.8 Å². The zero-order valence-electron chi connectivity index (χ0n) is 19.7. The van der Waals surface area contributed by atoms with Crippen LogP contribution in [-0.2, 0) is 28.9 Å². The lowest BCUT2D eigenvalue weighted by Crippen LogP contribution is -3.14. The second-order valence-corrected chi connectivity index (χ2v) is 9.32. The van der Waals surface area contributed by atoms with E-state index >= 15 is 0 Å². The zero-order chi connectivity index (χ0) is 22.5. The van der Waals surface area contributed by atoms with Gasteiger partial charge in [-0.1, -0.05) is 6.92 Å². The van der Waals surface area contributed by atoms with E-state index in [1.54, 1.807) is 11.2 Å². The molecule has 1 amide bonds. The molecule has 1 aromatic heterocycles.